The average molecular weight is 716 g/mol. The van der Waals surface area contributed by atoms with E-state index in [1.165, 1.54) is 33.4 Å². The van der Waals surface area contributed by atoms with E-state index in [9.17, 15) is 0 Å². The van der Waals surface area contributed by atoms with Gasteiger partial charge in [0, 0.05) is 33.5 Å². The molecule has 3 heteroatoms. The summed E-state index contributed by atoms with van der Waals surface area (Å²) in [6.45, 7) is 2.08. The monoisotopic (exact) mass is 715 g/mol. The van der Waals surface area contributed by atoms with Gasteiger partial charge in [0.2, 0.25) is 0 Å². The molecule has 2 aromatic heterocycles. The molecule has 0 spiro atoms. The largest absolute Gasteiger partial charge is 0.252 e. The van der Waals surface area contributed by atoms with Crippen molar-refractivity contribution in [2.24, 2.45) is 0 Å². The van der Waals surface area contributed by atoms with Crippen molar-refractivity contribution in [2.75, 3.05) is 0 Å². The van der Waals surface area contributed by atoms with Crippen LogP contribution in [0.1, 0.15) is 27.9 Å². The minimum absolute atomic E-state index is 0.507. The maximum Gasteiger partial charge on any atom is 0.160 e. The van der Waals surface area contributed by atoms with Crippen LogP contribution in [0.25, 0.3) is 67.4 Å². The van der Waals surface area contributed by atoms with Gasteiger partial charge in [-0.3, -0.25) is 4.98 Å². The van der Waals surface area contributed by atoms with Gasteiger partial charge in [-0.15, -0.1) is 0 Å². The Kier molecular flexibility index (Phi) is 8.26. The van der Waals surface area contributed by atoms with Crippen LogP contribution in [0.15, 0.2) is 206 Å². The van der Waals surface area contributed by atoms with Crippen LogP contribution in [-0.2, 0) is 5.41 Å². The minimum Gasteiger partial charge on any atom is -0.252 e. The first kappa shape index (κ1) is 33.3. The molecule has 0 aliphatic heterocycles. The Morgan fingerprint density at radius 3 is 1.39 bits per heavy atom. The molecule has 7 aromatic carbocycles. The number of hydrogen-bond acceptors (Lipinski definition) is 3. The Labute approximate surface area is 327 Å². The van der Waals surface area contributed by atoms with Crippen LogP contribution < -0.4 is 0 Å². The van der Waals surface area contributed by atoms with Crippen molar-refractivity contribution in [2.45, 2.75) is 12.3 Å². The third-order valence-corrected chi connectivity index (χ3v) is 11.2. The summed E-state index contributed by atoms with van der Waals surface area (Å²) in [6.07, 6.45) is 0. The molecule has 264 valence electrons. The number of benzene rings is 7. The molecule has 0 radical (unpaired) electrons. The lowest BCUT2D eigenvalue weighted by atomic mass is 9.67. The zero-order valence-electron chi connectivity index (χ0n) is 31.0. The van der Waals surface area contributed by atoms with Gasteiger partial charge < -0.3 is 0 Å². The molecule has 0 saturated carbocycles. The number of pyridine rings is 1. The molecule has 0 bridgehead atoms. The standard InChI is InChI=1S/C53H37N3/c1-36-44(32-33-49(54-36)38-16-6-2-7-17-38)37-26-28-40(29-27-37)51-35-50(39-18-8-3-9-19-39)55-52(56-51)41-30-31-46-45-24-14-15-25-47(45)53(48(46)34-41,42-20-10-4-11-21-42)43-22-12-5-13-23-43/h2-35H,1H3. The molecule has 10 rings (SSSR count). The predicted molar refractivity (Wildman–Crippen MR) is 229 cm³/mol. The van der Waals surface area contributed by atoms with Gasteiger partial charge in [-0.25, -0.2) is 9.97 Å². The smallest absolute Gasteiger partial charge is 0.160 e. The molecule has 1 aliphatic rings. The van der Waals surface area contributed by atoms with Gasteiger partial charge in [0.05, 0.1) is 22.5 Å². The van der Waals surface area contributed by atoms with Crippen molar-refractivity contribution >= 4 is 0 Å². The quantitative estimate of drug-likeness (QED) is 0.165. The third kappa shape index (κ3) is 5.64. The first-order chi connectivity index (χ1) is 27.7. The third-order valence-electron chi connectivity index (χ3n) is 11.2. The van der Waals surface area contributed by atoms with Crippen LogP contribution >= 0.6 is 0 Å². The van der Waals surface area contributed by atoms with Gasteiger partial charge in [-0.1, -0.05) is 188 Å². The van der Waals surface area contributed by atoms with Crippen molar-refractivity contribution in [1.29, 1.82) is 0 Å². The van der Waals surface area contributed by atoms with E-state index in [2.05, 4.69) is 189 Å². The topological polar surface area (TPSA) is 38.7 Å². The molecule has 1 aliphatic carbocycles. The summed E-state index contributed by atoms with van der Waals surface area (Å²) < 4.78 is 0. The molecule has 0 saturated heterocycles. The molecule has 0 atom stereocenters. The van der Waals surface area contributed by atoms with Crippen LogP contribution in [0.2, 0.25) is 0 Å². The van der Waals surface area contributed by atoms with Crippen molar-refractivity contribution in [1.82, 2.24) is 15.0 Å². The van der Waals surface area contributed by atoms with E-state index in [1.54, 1.807) is 0 Å². The lowest BCUT2D eigenvalue weighted by molar-refractivity contribution is 0.768. The van der Waals surface area contributed by atoms with Crippen LogP contribution in [-0.4, -0.2) is 15.0 Å². The number of aryl methyl sites for hydroxylation is 1. The van der Waals surface area contributed by atoms with E-state index in [1.807, 2.05) is 24.3 Å². The predicted octanol–water partition coefficient (Wildman–Crippen LogP) is 12.9. The molecule has 3 nitrogen and oxygen atoms in total. The maximum atomic E-state index is 5.31. The second-order valence-corrected chi connectivity index (χ2v) is 14.4. The Bertz CT molecular complexity index is 2790. The van der Waals surface area contributed by atoms with E-state index in [0.717, 1.165) is 56.2 Å². The second-order valence-electron chi connectivity index (χ2n) is 14.4. The summed E-state index contributed by atoms with van der Waals surface area (Å²) in [5.41, 5.74) is 17.1. The fourth-order valence-electron chi connectivity index (χ4n) is 8.52. The van der Waals surface area contributed by atoms with Gasteiger partial charge in [0.25, 0.3) is 0 Å². The summed E-state index contributed by atoms with van der Waals surface area (Å²) >= 11 is 0. The Morgan fingerprint density at radius 1 is 0.321 bits per heavy atom. The first-order valence-electron chi connectivity index (χ1n) is 19.1. The minimum atomic E-state index is -0.507. The normalized spacial score (nSPS) is 12.5. The van der Waals surface area contributed by atoms with Gasteiger partial charge in [-0.05, 0) is 64.1 Å². The number of nitrogens with zero attached hydrogens (tertiary/aromatic N) is 3. The van der Waals surface area contributed by atoms with Crippen molar-refractivity contribution in [3.05, 3.63) is 234 Å². The average Bonchev–Trinajstić information content (AvgIpc) is 3.58. The molecule has 9 aromatic rings. The van der Waals surface area contributed by atoms with Gasteiger partial charge in [0.15, 0.2) is 5.82 Å². The summed E-state index contributed by atoms with van der Waals surface area (Å²) in [7, 11) is 0. The molecular formula is C53H37N3. The van der Waals surface area contributed by atoms with E-state index in [0.29, 0.717) is 5.82 Å². The lowest BCUT2D eigenvalue weighted by Crippen LogP contribution is -2.28. The molecule has 56 heavy (non-hydrogen) atoms. The van der Waals surface area contributed by atoms with E-state index in [-0.39, 0.29) is 0 Å². The van der Waals surface area contributed by atoms with E-state index in [4.69, 9.17) is 15.0 Å². The summed E-state index contributed by atoms with van der Waals surface area (Å²) in [5, 5.41) is 0. The Balaban J connectivity index is 1.11. The lowest BCUT2D eigenvalue weighted by Gasteiger charge is -2.34. The number of aromatic nitrogens is 3. The summed E-state index contributed by atoms with van der Waals surface area (Å²) in [4.78, 5) is 15.5. The maximum absolute atomic E-state index is 5.31. The van der Waals surface area contributed by atoms with Gasteiger partial charge >= 0.3 is 0 Å². The molecular weight excluding hydrogens is 679 g/mol. The summed E-state index contributed by atoms with van der Waals surface area (Å²) in [5.74, 6) is 0.691. The molecule has 2 heterocycles. The SMILES string of the molecule is Cc1nc(-c2ccccc2)ccc1-c1ccc(-c2cc(-c3ccccc3)nc(-c3ccc4c(c3)C(c3ccccc3)(c3ccccc3)c3ccccc3-4)n2)cc1. The highest BCUT2D eigenvalue weighted by molar-refractivity contribution is 5.88. The highest BCUT2D eigenvalue weighted by Crippen LogP contribution is 2.56. The molecule has 0 fully saturated rings. The van der Waals surface area contributed by atoms with Crippen molar-refractivity contribution in [3.8, 4) is 67.4 Å². The Morgan fingerprint density at radius 2 is 0.786 bits per heavy atom. The Hall–Kier alpha value is -7.23. The number of rotatable bonds is 7. The highest BCUT2D eigenvalue weighted by Gasteiger charge is 2.46. The zero-order chi connectivity index (χ0) is 37.5. The van der Waals surface area contributed by atoms with E-state index >= 15 is 0 Å². The van der Waals surface area contributed by atoms with Gasteiger partial charge in [0.1, 0.15) is 0 Å². The molecule has 0 amide bonds. The molecule has 0 unspecified atom stereocenters. The van der Waals surface area contributed by atoms with Crippen molar-refractivity contribution in [3.63, 3.8) is 0 Å². The number of fused-ring (bicyclic) bond motifs is 3. The van der Waals surface area contributed by atoms with Gasteiger partial charge in [-0.2, -0.15) is 0 Å². The molecule has 0 N–H and O–H groups in total. The van der Waals surface area contributed by atoms with Crippen molar-refractivity contribution < 1.29 is 0 Å². The van der Waals surface area contributed by atoms with Crippen LogP contribution in [0.3, 0.4) is 0 Å². The highest BCUT2D eigenvalue weighted by atomic mass is 14.9. The van der Waals surface area contributed by atoms with E-state index < -0.39 is 5.41 Å². The van der Waals surface area contributed by atoms with Crippen LogP contribution in [0.5, 0.6) is 0 Å². The fourth-order valence-corrected chi connectivity index (χ4v) is 8.52. The second kappa shape index (κ2) is 13.9. The fraction of sp³-hybridized carbons (Fsp3) is 0.0377. The van der Waals surface area contributed by atoms with Crippen LogP contribution in [0, 0.1) is 6.92 Å². The summed E-state index contributed by atoms with van der Waals surface area (Å²) in [6, 6.07) is 73.2. The zero-order valence-corrected chi connectivity index (χ0v) is 31.0. The number of hydrogen-bond donors (Lipinski definition) is 0. The van der Waals surface area contributed by atoms with Crippen LogP contribution in [0.4, 0.5) is 0 Å². The first-order valence-corrected chi connectivity index (χ1v) is 19.1.